The largest absolute Gasteiger partial charge is 0.338 e. The van der Waals surface area contributed by atoms with Gasteiger partial charge in [-0.2, -0.15) is 5.10 Å². The Hall–Kier alpha value is -1.65. The summed E-state index contributed by atoms with van der Waals surface area (Å²) in [4.78, 5) is 26.0. The lowest BCUT2D eigenvalue weighted by atomic mass is 10.1. The van der Waals surface area contributed by atoms with Gasteiger partial charge >= 0.3 is 0 Å². The fraction of sp³-hybridized carbons (Fsp3) is 0.583. The molecule has 0 radical (unpaired) electrons. The number of aryl methyl sites for hydroxylation is 2. The van der Waals surface area contributed by atoms with E-state index in [1.807, 2.05) is 6.92 Å². The number of carbonyl (C=O) groups excluding carboxylic acids is 1. The van der Waals surface area contributed by atoms with Crippen molar-refractivity contribution >= 4 is 5.91 Å². The van der Waals surface area contributed by atoms with E-state index in [-0.39, 0.29) is 17.0 Å². The molecule has 1 saturated heterocycles. The second-order valence-corrected chi connectivity index (χ2v) is 4.51. The molecule has 17 heavy (non-hydrogen) atoms. The van der Waals surface area contributed by atoms with Crippen LogP contribution in [0.25, 0.3) is 0 Å². The maximum absolute atomic E-state index is 12.3. The van der Waals surface area contributed by atoms with Gasteiger partial charge in [0.15, 0.2) is 0 Å². The van der Waals surface area contributed by atoms with Crippen molar-refractivity contribution in [3.8, 4) is 0 Å². The Labute approximate surface area is 100 Å². The maximum Gasteiger partial charge on any atom is 0.279 e. The molecule has 0 atom stereocenters. The van der Waals surface area contributed by atoms with E-state index in [1.54, 1.807) is 18.9 Å². The minimum absolute atomic E-state index is 0.147. The molecule has 1 aliphatic heterocycles. The molecule has 92 valence electrons. The molecule has 1 fully saturated rings. The van der Waals surface area contributed by atoms with Crippen molar-refractivity contribution in [2.45, 2.75) is 26.7 Å². The number of hydrogen-bond donors (Lipinski definition) is 0. The van der Waals surface area contributed by atoms with Gasteiger partial charge < -0.3 is 4.90 Å². The van der Waals surface area contributed by atoms with Crippen LogP contribution >= 0.6 is 0 Å². The lowest BCUT2D eigenvalue weighted by Crippen LogP contribution is -2.36. The lowest BCUT2D eigenvalue weighted by Gasteiger charge is -2.17. The molecule has 0 bridgehead atoms. The number of carbonyl (C=O) groups is 1. The van der Waals surface area contributed by atoms with Crippen molar-refractivity contribution in [2.75, 3.05) is 13.1 Å². The summed E-state index contributed by atoms with van der Waals surface area (Å²) in [5, 5.41) is 4.08. The molecule has 0 unspecified atom stereocenters. The SMILES string of the molecule is Cc1nn(C)c(=O)c(C(=O)N2CCCC2)c1C. The van der Waals surface area contributed by atoms with E-state index in [0.717, 1.165) is 31.6 Å². The predicted molar refractivity (Wildman–Crippen MR) is 64.1 cm³/mol. The highest BCUT2D eigenvalue weighted by molar-refractivity contribution is 5.95. The molecule has 5 heteroatoms. The number of aromatic nitrogens is 2. The first-order chi connectivity index (χ1) is 8.02. The quantitative estimate of drug-likeness (QED) is 0.717. The van der Waals surface area contributed by atoms with Gasteiger partial charge in [0.1, 0.15) is 5.56 Å². The zero-order valence-electron chi connectivity index (χ0n) is 10.5. The minimum atomic E-state index is -0.301. The Balaban J connectivity index is 2.50. The average Bonchev–Trinajstić information content (AvgIpc) is 2.80. The van der Waals surface area contributed by atoms with E-state index in [4.69, 9.17) is 0 Å². The monoisotopic (exact) mass is 235 g/mol. The minimum Gasteiger partial charge on any atom is -0.338 e. The Kier molecular flexibility index (Phi) is 3.00. The first-order valence-electron chi connectivity index (χ1n) is 5.86. The fourth-order valence-electron chi connectivity index (χ4n) is 2.18. The van der Waals surface area contributed by atoms with E-state index in [2.05, 4.69) is 5.10 Å². The number of hydrogen-bond acceptors (Lipinski definition) is 3. The van der Waals surface area contributed by atoms with Crippen molar-refractivity contribution in [3.05, 3.63) is 27.2 Å². The van der Waals surface area contributed by atoms with Crippen LogP contribution in [0, 0.1) is 13.8 Å². The molecular weight excluding hydrogens is 218 g/mol. The molecule has 0 N–H and O–H groups in total. The van der Waals surface area contributed by atoms with E-state index < -0.39 is 0 Å². The molecule has 1 aliphatic rings. The second kappa shape index (κ2) is 4.31. The summed E-state index contributed by atoms with van der Waals surface area (Å²) in [5.41, 5.74) is 1.41. The van der Waals surface area contributed by atoms with Crippen molar-refractivity contribution in [3.63, 3.8) is 0 Å². The van der Waals surface area contributed by atoms with E-state index in [0.29, 0.717) is 5.56 Å². The number of likely N-dealkylation sites (tertiary alicyclic amines) is 1. The van der Waals surface area contributed by atoms with Gasteiger partial charge in [0.05, 0.1) is 5.69 Å². The molecule has 2 heterocycles. The standard InChI is InChI=1S/C12H17N3O2/c1-8-9(2)13-14(3)11(16)10(8)12(17)15-6-4-5-7-15/h4-7H2,1-3H3. The molecule has 2 rings (SSSR count). The van der Waals surface area contributed by atoms with E-state index in [9.17, 15) is 9.59 Å². The fourth-order valence-corrected chi connectivity index (χ4v) is 2.18. The van der Waals surface area contributed by atoms with Crippen LogP contribution in [0.5, 0.6) is 0 Å². The van der Waals surface area contributed by atoms with E-state index >= 15 is 0 Å². The van der Waals surface area contributed by atoms with Crippen molar-refractivity contribution in [1.29, 1.82) is 0 Å². The summed E-state index contributed by atoms with van der Waals surface area (Å²) in [5.74, 6) is -0.147. The van der Waals surface area contributed by atoms with Gasteiger partial charge in [-0.1, -0.05) is 0 Å². The van der Waals surface area contributed by atoms with Crippen LogP contribution in [-0.4, -0.2) is 33.7 Å². The van der Waals surface area contributed by atoms with Crippen LogP contribution in [0.4, 0.5) is 0 Å². The normalized spacial score (nSPS) is 15.4. The third kappa shape index (κ3) is 1.97. The predicted octanol–water partition coefficient (Wildman–Crippen LogP) is 0.633. The molecule has 5 nitrogen and oxygen atoms in total. The summed E-state index contributed by atoms with van der Waals surface area (Å²) in [6, 6.07) is 0. The summed E-state index contributed by atoms with van der Waals surface area (Å²) in [7, 11) is 1.58. The molecule has 0 aliphatic carbocycles. The zero-order valence-corrected chi connectivity index (χ0v) is 10.5. The van der Waals surface area contributed by atoms with Crippen LogP contribution in [0.3, 0.4) is 0 Å². The molecule has 1 aromatic heterocycles. The number of rotatable bonds is 1. The van der Waals surface area contributed by atoms with Gasteiger partial charge in [-0.15, -0.1) is 0 Å². The van der Waals surface area contributed by atoms with Crippen LogP contribution < -0.4 is 5.56 Å². The smallest absolute Gasteiger partial charge is 0.279 e. The molecule has 1 amide bonds. The highest BCUT2D eigenvalue weighted by Crippen LogP contribution is 2.14. The maximum atomic E-state index is 12.3. The Bertz CT molecular complexity index is 513. The first kappa shape index (κ1) is 11.8. The lowest BCUT2D eigenvalue weighted by molar-refractivity contribution is 0.0789. The van der Waals surface area contributed by atoms with Crippen molar-refractivity contribution < 1.29 is 4.79 Å². The summed E-state index contributed by atoms with van der Waals surface area (Å²) in [6.45, 7) is 5.11. The molecule has 1 aromatic rings. The van der Waals surface area contributed by atoms with Crippen LogP contribution in [-0.2, 0) is 7.05 Å². The van der Waals surface area contributed by atoms with Gasteiger partial charge in [-0.3, -0.25) is 9.59 Å². The van der Waals surface area contributed by atoms with Crippen LogP contribution in [0.1, 0.15) is 34.5 Å². The Morgan fingerprint density at radius 1 is 1.24 bits per heavy atom. The van der Waals surface area contributed by atoms with Gasteiger partial charge in [-0.25, -0.2) is 4.68 Å². The third-order valence-electron chi connectivity index (χ3n) is 3.33. The van der Waals surface area contributed by atoms with Crippen LogP contribution in [0.2, 0.25) is 0 Å². The van der Waals surface area contributed by atoms with Gasteiger partial charge in [0, 0.05) is 20.1 Å². The zero-order chi connectivity index (χ0) is 12.6. The highest BCUT2D eigenvalue weighted by Gasteiger charge is 2.25. The molecule has 0 spiro atoms. The van der Waals surface area contributed by atoms with Crippen molar-refractivity contribution in [2.24, 2.45) is 7.05 Å². The first-order valence-corrected chi connectivity index (χ1v) is 5.86. The topological polar surface area (TPSA) is 55.2 Å². The molecular formula is C12H17N3O2. The van der Waals surface area contributed by atoms with Crippen LogP contribution in [0.15, 0.2) is 4.79 Å². The second-order valence-electron chi connectivity index (χ2n) is 4.51. The summed E-state index contributed by atoms with van der Waals surface area (Å²) < 4.78 is 1.24. The van der Waals surface area contributed by atoms with Gasteiger partial charge in [-0.05, 0) is 32.3 Å². The van der Waals surface area contributed by atoms with Gasteiger partial charge in [0.25, 0.3) is 11.5 Å². The van der Waals surface area contributed by atoms with Crippen molar-refractivity contribution in [1.82, 2.24) is 14.7 Å². The molecule has 0 saturated carbocycles. The van der Waals surface area contributed by atoms with Gasteiger partial charge in [0.2, 0.25) is 0 Å². The summed E-state index contributed by atoms with van der Waals surface area (Å²) in [6.07, 6.45) is 2.05. The highest BCUT2D eigenvalue weighted by atomic mass is 16.2. The number of nitrogens with zero attached hydrogens (tertiary/aromatic N) is 3. The summed E-state index contributed by atoms with van der Waals surface area (Å²) >= 11 is 0. The number of amides is 1. The van der Waals surface area contributed by atoms with E-state index in [1.165, 1.54) is 4.68 Å². The Morgan fingerprint density at radius 2 is 1.82 bits per heavy atom. The Morgan fingerprint density at radius 3 is 2.41 bits per heavy atom. The third-order valence-corrected chi connectivity index (χ3v) is 3.33. The average molecular weight is 235 g/mol. The molecule has 0 aromatic carbocycles.